The second kappa shape index (κ2) is 9.19. The number of pyridine rings is 1. The Morgan fingerprint density at radius 1 is 1.15 bits per heavy atom. The number of hydrogen-bond acceptors (Lipinski definition) is 5. The van der Waals surface area contributed by atoms with Gasteiger partial charge in [0.05, 0.1) is 11.1 Å². The van der Waals surface area contributed by atoms with Crippen LogP contribution < -0.4 is 0 Å². The van der Waals surface area contributed by atoms with Crippen molar-refractivity contribution < 1.29 is 13.5 Å². The van der Waals surface area contributed by atoms with Crippen LogP contribution in [-0.4, -0.2) is 41.7 Å². The van der Waals surface area contributed by atoms with Crippen molar-refractivity contribution >= 4 is 21.8 Å². The molecule has 0 amide bonds. The number of aromatic nitrogens is 1. The van der Waals surface area contributed by atoms with Gasteiger partial charge in [-0.25, -0.2) is 13.4 Å². The predicted octanol–water partition coefficient (Wildman–Crippen LogP) is 3.86. The summed E-state index contributed by atoms with van der Waals surface area (Å²) in [5.41, 5.74) is 0.860. The van der Waals surface area contributed by atoms with Crippen LogP contribution in [0.25, 0.3) is 0 Å². The highest BCUT2D eigenvalue weighted by atomic mass is 32.2. The fraction of sp³-hybridized carbons (Fsp3) is 0.450. The Kier molecular flexibility index (Phi) is 6.92. The smallest absolute Gasteiger partial charge is 0.244 e. The molecule has 1 atom stereocenters. The van der Waals surface area contributed by atoms with Gasteiger partial charge in [-0.3, -0.25) is 0 Å². The summed E-state index contributed by atoms with van der Waals surface area (Å²) in [5.74, 6) is 0.463. The van der Waals surface area contributed by atoms with Crippen LogP contribution in [0.4, 0.5) is 0 Å². The molecule has 3 rings (SSSR count). The van der Waals surface area contributed by atoms with Gasteiger partial charge in [0.2, 0.25) is 10.0 Å². The standard InChI is InChI=1S/C20H26N2O3S2/c1-22(17-10-6-3-7-11-17)27(24,25)18-12-13-20(21-14-18)26-15-19(23)16-8-4-2-5-9-16/h2,4-5,8-9,12-14,17,19,23H,3,6-7,10-11,15H2,1H3. The normalized spacial score (nSPS) is 17.1. The van der Waals surface area contributed by atoms with E-state index < -0.39 is 16.1 Å². The second-order valence-corrected chi connectivity index (χ2v) is 9.92. The van der Waals surface area contributed by atoms with Gasteiger partial charge in [-0.15, -0.1) is 11.8 Å². The predicted molar refractivity (Wildman–Crippen MR) is 108 cm³/mol. The summed E-state index contributed by atoms with van der Waals surface area (Å²) in [4.78, 5) is 4.51. The van der Waals surface area contributed by atoms with Gasteiger partial charge >= 0.3 is 0 Å². The summed E-state index contributed by atoms with van der Waals surface area (Å²) in [6.07, 6.45) is 6.05. The van der Waals surface area contributed by atoms with Crippen molar-refractivity contribution in [2.24, 2.45) is 0 Å². The quantitative estimate of drug-likeness (QED) is 0.707. The van der Waals surface area contributed by atoms with Crippen molar-refractivity contribution in [3.63, 3.8) is 0 Å². The zero-order valence-electron chi connectivity index (χ0n) is 15.5. The molecule has 0 bridgehead atoms. The summed E-state index contributed by atoms with van der Waals surface area (Å²) in [6, 6.07) is 12.9. The van der Waals surface area contributed by atoms with Crippen molar-refractivity contribution in [2.75, 3.05) is 12.8 Å². The third kappa shape index (κ3) is 5.10. The van der Waals surface area contributed by atoms with Gasteiger partial charge in [0.1, 0.15) is 4.90 Å². The van der Waals surface area contributed by atoms with E-state index in [4.69, 9.17) is 0 Å². The molecular formula is C20H26N2O3S2. The number of aliphatic hydroxyl groups excluding tert-OH is 1. The van der Waals surface area contributed by atoms with Crippen LogP contribution in [0.2, 0.25) is 0 Å². The van der Waals surface area contributed by atoms with E-state index in [0.717, 1.165) is 31.2 Å². The van der Waals surface area contributed by atoms with E-state index in [9.17, 15) is 13.5 Å². The van der Waals surface area contributed by atoms with Crippen LogP contribution >= 0.6 is 11.8 Å². The zero-order chi connectivity index (χ0) is 19.3. The molecular weight excluding hydrogens is 380 g/mol. The second-order valence-electron chi connectivity index (χ2n) is 6.88. The molecule has 1 fully saturated rings. The molecule has 1 unspecified atom stereocenters. The minimum absolute atomic E-state index is 0.0822. The van der Waals surface area contributed by atoms with Crippen molar-refractivity contribution in [1.29, 1.82) is 0 Å². The van der Waals surface area contributed by atoms with E-state index in [0.29, 0.717) is 10.8 Å². The number of nitrogens with zero attached hydrogens (tertiary/aromatic N) is 2. The van der Waals surface area contributed by atoms with Crippen LogP contribution in [-0.2, 0) is 10.0 Å². The fourth-order valence-electron chi connectivity index (χ4n) is 3.35. The Hall–Kier alpha value is -1.41. The molecule has 0 saturated heterocycles. The minimum Gasteiger partial charge on any atom is -0.388 e. The minimum atomic E-state index is -3.52. The number of rotatable bonds is 7. The summed E-state index contributed by atoms with van der Waals surface area (Å²) in [7, 11) is -1.85. The topological polar surface area (TPSA) is 70.5 Å². The maximum Gasteiger partial charge on any atom is 0.244 e. The molecule has 1 aliphatic carbocycles. The highest BCUT2D eigenvalue weighted by molar-refractivity contribution is 7.99. The van der Waals surface area contributed by atoms with E-state index >= 15 is 0 Å². The summed E-state index contributed by atoms with van der Waals surface area (Å²) >= 11 is 1.41. The SMILES string of the molecule is CN(C1CCCCC1)S(=O)(=O)c1ccc(SCC(O)c2ccccc2)nc1. The molecule has 7 heteroatoms. The Morgan fingerprint density at radius 3 is 2.48 bits per heavy atom. The molecule has 5 nitrogen and oxygen atoms in total. The summed E-state index contributed by atoms with van der Waals surface area (Å²) < 4.78 is 27.2. The molecule has 0 spiro atoms. The molecule has 2 aromatic rings. The van der Waals surface area contributed by atoms with Gasteiger partial charge in [-0.2, -0.15) is 4.31 Å². The Balaban J connectivity index is 1.62. The fourth-order valence-corrected chi connectivity index (χ4v) is 5.52. The van der Waals surface area contributed by atoms with Gasteiger partial charge in [-0.1, -0.05) is 49.6 Å². The third-order valence-corrected chi connectivity index (χ3v) is 7.96. The van der Waals surface area contributed by atoms with Crippen LogP contribution in [0.5, 0.6) is 0 Å². The largest absolute Gasteiger partial charge is 0.388 e. The maximum atomic E-state index is 12.8. The highest BCUT2D eigenvalue weighted by Gasteiger charge is 2.29. The number of sulfonamides is 1. The Morgan fingerprint density at radius 2 is 1.85 bits per heavy atom. The van der Waals surface area contributed by atoms with E-state index in [1.54, 1.807) is 19.2 Å². The van der Waals surface area contributed by atoms with Crippen LogP contribution in [0.15, 0.2) is 58.6 Å². The molecule has 27 heavy (non-hydrogen) atoms. The molecule has 146 valence electrons. The van der Waals surface area contributed by atoms with Gasteiger partial charge in [0, 0.05) is 25.0 Å². The monoisotopic (exact) mass is 406 g/mol. The van der Waals surface area contributed by atoms with Gasteiger partial charge in [-0.05, 0) is 30.5 Å². The van der Waals surface area contributed by atoms with E-state index in [1.165, 1.54) is 28.7 Å². The van der Waals surface area contributed by atoms with Crippen molar-refractivity contribution in [3.05, 3.63) is 54.2 Å². The van der Waals surface area contributed by atoms with Crippen molar-refractivity contribution in [3.8, 4) is 0 Å². The molecule has 0 radical (unpaired) electrons. The average molecular weight is 407 g/mol. The first-order valence-corrected chi connectivity index (χ1v) is 11.7. The van der Waals surface area contributed by atoms with E-state index in [-0.39, 0.29) is 10.9 Å². The number of hydrogen-bond donors (Lipinski definition) is 1. The first kappa shape index (κ1) is 20.3. The zero-order valence-corrected chi connectivity index (χ0v) is 17.1. The molecule has 1 aromatic carbocycles. The molecule has 1 aromatic heterocycles. The lowest BCUT2D eigenvalue weighted by molar-refractivity contribution is 0.204. The Labute approximate surface area is 165 Å². The van der Waals surface area contributed by atoms with Crippen LogP contribution in [0, 0.1) is 0 Å². The van der Waals surface area contributed by atoms with Crippen LogP contribution in [0.3, 0.4) is 0 Å². The molecule has 1 N–H and O–H groups in total. The lowest BCUT2D eigenvalue weighted by atomic mass is 9.96. The van der Waals surface area contributed by atoms with E-state index in [2.05, 4.69) is 4.98 Å². The first-order valence-electron chi connectivity index (χ1n) is 9.28. The first-order chi connectivity index (χ1) is 13.0. The summed E-state index contributed by atoms with van der Waals surface area (Å²) in [5, 5.41) is 10.9. The van der Waals surface area contributed by atoms with Gasteiger partial charge < -0.3 is 5.11 Å². The van der Waals surface area contributed by atoms with Gasteiger partial charge in [0.15, 0.2) is 0 Å². The van der Waals surface area contributed by atoms with Crippen molar-refractivity contribution in [1.82, 2.24) is 9.29 Å². The molecule has 1 aliphatic rings. The van der Waals surface area contributed by atoms with Crippen molar-refractivity contribution in [2.45, 2.75) is 54.2 Å². The molecule has 0 aliphatic heterocycles. The Bertz CT molecular complexity index is 820. The lowest BCUT2D eigenvalue weighted by Gasteiger charge is -2.30. The number of benzene rings is 1. The lowest BCUT2D eigenvalue weighted by Crippen LogP contribution is -2.38. The third-order valence-electron chi connectivity index (χ3n) is 5.05. The van der Waals surface area contributed by atoms with E-state index in [1.807, 2.05) is 30.3 Å². The molecule has 1 saturated carbocycles. The number of thioether (sulfide) groups is 1. The summed E-state index contributed by atoms with van der Waals surface area (Å²) in [6.45, 7) is 0. The average Bonchev–Trinajstić information content (AvgIpc) is 2.73. The highest BCUT2D eigenvalue weighted by Crippen LogP contribution is 2.28. The maximum absolute atomic E-state index is 12.8. The van der Waals surface area contributed by atoms with Crippen LogP contribution in [0.1, 0.15) is 43.8 Å². The number of aliphatic hydroxyl groups is 1. The van der Waals surface area contributed by atoms with Gasteiger partial charge in [0.25, 0.3) is 0 Å². The molecule has 1 heterocycles.